The number of hydrogen-bond donors (Lipinski definition) is 2. The third-order valence-corrected chi connectivity index (χ3v) is 3.04. The van der Waals surface area contributed by atoms with Gasteiger partial charge in [0.2, 0.25) is 0 Å². The molecule has 0 saturated carbocycles. The van der Waals surface area contributed by atoms with E-state index in [0.29, 0.717) is 25.3 Å². The lowest BCUT2D eigenvalue weighted by Crippen LogP contribution is -2.08. The number of nitrogens with zero attached hydrogens (tertiary/aromatic N) is 1. The van der Waals surface area contributed by atoms with Crippen LogP contribution in [0.2, 0.25) is 0 Å². The molecule has 22 heavy (non-hydrogen) atoms. The van der Waals surface area contributed by atoms with Crippen LogP contribution in [0.5, 0.6) is 0 Å². The Morgan fingerprint density at radius 2 is 2.09 bits per heavy atom. The number of aromatic amines is 1. The standard InChI is InChI=1S/C16H19N3O3/c1-2-22-16(21)4-3-9-17-13-7-5-12(6-8-13)14-10-19-15(20)11-18-14/h5-8,10-11,17H,2-4,9H2,1H3,(H,19,20). The number of ether oxygens (including phenoxy) is 1. The molecule has 0 aliphatic carbocycles. The topological polar surface area (TPSA) is 84.1 Å². The molecule has 6 nitrogen and oxygen atoms in total. The second-order valence-corrected chi connectivity index (χ2v) is 4.71. The summed E-state index contributed by atoms with van der Waals surface area (Å²) in [6.07, 6.45) is 3.99. The van der Waals surface area contributed by atoms with Gasteiger partial charge in [0.05, 0.1) is 18.5 Å². The highest BCUT2D eigenvalue weighted by Crippen LogP contribution is 2.18. The molecule has 0 atom stereocenters. The van der Waals surface area contributed by atoms with Crippen LogP contribution < -0.4 is 10.9 Å². The summed E-state index contributed by atoms with van der Waals surface area (Å²) >= 11 is 0. The van der Waals surface area contributed by atoms with Gasteiger partial charge in [0.25, 0.3) is 5.56 Å². The summed E-state index contributed by atoms with van der Waals surface area (Å²) in [4.78, 5) is 28.9. The predicted molar refractivity (Wildman–Crippen MR) is 84.7 cm³/mol. The van der Waals surface area contributed by atoms with Gasteiger partial charge in [-0.05, 0) is 25.5 Å². The number of carbonyl (C=O) groups excluding carboxylic acids is 1. The molecule has 0 bridgehead atoms. The van der Waals surface area contributed by atoms with Gasteiger partial charge in [-0.25, -0.2) is 4.98 Å². The Morgan fingerprint density at radius 3 is 2.73 bits per heavy atom. The molecule has 0 aliphatic heterocycles. The fourth-order valence-electron chi connectivity index (χ4n) is 1.96. The zero-order valence-corrected chi connectivity index (χ0v) is 12.5. The second kappa shape index (κ2) is 7.97. The van der Waals surface area contributed by atoms with Crippen LogP contribution in [0.4, 0.5) is 5.69 Å². The van der Waals surface area contributed by atoms with E-state index in [9.17, 15) is 9.59 Å². The van der Waals surface area contributed by atoms with Gasteiger partial charge >= 0.3 is 5.97 Å². The summed E-state index contributed by atoms with van der Waals surface area (Å²) < 4.78 is 4.87. The van der Waals surface area contributed by atoms with E-state index in [1.165, 1.54) is 6.20 Å². The van der Waals surface area contributed by atoms with Gasteiger partial charge in [0, 0.05) is 30.4 Å². The zero-order chi connectivity index (χ0) is 15.8. The molecule has 1 aromatic heterocycles. The Kier molecular flexibility index (Phi) is 5.71. The number of benzene rings is 1. The summed E-state index contributed by atoms with van der Waals surface area (Å²) in [6, 6.07) is 7.72. The van der Waals surface area contributed by atoms with Crippen molar-refractivity contribution in [1.29, 1.82) is 0 Å². The molecule has 1 aromatic carbocycles. The van der Waals surface area contributed by atoms with Crippen molar-refractivity contribution in [3.63, 3.8) is 0 Å². The van der Waals surface area contributed by atoms with Crippen LogP contribution in [0.1, 0.15) is 19.8 Å². The van der Waals surface area contributed by atoms with E-state index in [1.54, 1.807) is 13.1 Å². The molecule has 0 saturated heterocycles. The van der Waals surface area contributed by atoms with Crippen molar-refractivity contribution in [3.05, 3.63) is 47.0 Å². The highest BCUT2D eigenvalue weighted by Gasteiger charge is 2.02. The Labute approximate surface area is 128 Å². The third-order valence-electron chi connectivity index (χ3n) is 3.04. The van der Waals surface area contributed by atoms with Crippen LogP contribution in [0.25, 0.3) is 11.3 Å². The Hall–Kier alpha value is -2.63. The van der Waals surface area contributed by atoms with Crippen molar-refractivity contribution < 1.29 is 9.53 Å². The number of carbonyl (C=O) groups is 1. The van der Waals surface area contributed by atoms with Crippen LogP contribution in [-0.4, -0.2) is 29.1 Å². The molecule has 0 amide bonds. The molecule has 2 N–H and O–H groups in total. The van der Waals surface area contributed by atoms with Gasteiger partial charge in [-0.3, -0.25) is 9.59 Å². The molecule has 2 aromatic rings. The smallest absolute Gasteiger partial charge is 0.305 e. The third kappa shape index (κ3) is 4.73. The summed E-state index contributed by atoms with van der Waals surface area (Å²) in [7, 11) is 0. The minimum absolute atomic E-state index is 0.163. The van der Waals surface area contributed by atoms with E-state index in [4.69, 9.17) is 4.74 Å². The molecule has 116 valence electrons. The van der Waals surface area contributed by atoms with Crippen LogP contribution in [0, 0.1) is 0 Å². The minimum Gasteiger partial charge on any atom is -0.466 e. The van der Waals surface area contributed by atoms with E-state index in [-0.39, 0.29) is 11.5 Å². The first-order valence-corrected chi connectivity index (χ1v) is 7.23. The van der Waals surface area contributed by atoms with E-state index >= 15 is 0 Å². The maximum Gasteiger partial charge on any atom is 0.305 e. The Morgan fingerprint density at radius 1 is 1.32 bits per heavy atom. The number of aromatic nitrogens is 2. The molecule has 0 radical (unpaired) electrons. The van der Waals surface area contributed by atoms with Crippen LogP contribution in [0.15, 0.2) is 41.5 Å². The molecular formula is C16H19N3O3. The van der Waals surface area contributed by atoms with Gasteiger partial charge in [-0.2, -0.15) is 0 Å². The van der Waals surface area contributed by atoms with Crippen molar-refractivity contribution in [3.8, 4) is 11.3 Å². The van der Waals surface area contributed by atoms with Crippen molar-refractivity contribution in [2.75, 3.05) is 18.5 Å². The number of nitrogens with one attached hydrogen (secondary N) is 2. The number of esters is 1. The Bertz CT molecular complexity index is 645. The SMILES string of the molecule is CCOC(=O)CCCNc1ccc(-c2c[nH]c(=O)cn2)cc1. The predicted octanol–water partition coefficient (Wildman–Crippen LogP) is 2.19. The van der Waals surface area contributed by atoms with Crippen molar-refractivity contribution in [2.45, 2.75) is 19.8 Å². The van der Waals surface area contributed by atoms with Gasteiger partial charge < -0.3 is 15.0 Å². The van der Waals surface area contributed by atoms with Crippen LogP contribution >= 0.6 is 0 Å². The average Bonchev–Trinajstić information content (AvgIpc) is 2.53. The monoisotopic (exact) mass is 301 g/mol. The average molecular weight is 301 g/mol. The fraction of sp³-hybridized carbons (Fsp3) is 0.312. The second-order valence-electron chi connectivity index (χ2n) is 4.71. The van der Waals surface area contributed by atoms with Crippen LogP contribution in [0.3, 0.4) is 0 Å². The van der Waals surface area contributed by atoms with Crippen molar-refractivity contribution in [2.24, 2.45) is 0 Å². The van der Waals surface area contributed by atoms with Crippen molar-refractivity contribution in [1.82, 2.24) is 9.97 Å². The largest absolute Gasteiger partial charge is 0.466 e. The molecule has 0 fully saturated rings. The molecule has 6 heteroatoms. The van der Waals surface area contributed by atoms with Gasteiger partial charge in [-0.1, -0.05) is 12.1 Å². The van der Waals surface area contributed by atoms with Gasteiger partial charge in [-0.15, -0.1) is 0 Å². The number of hydrogen-bond acceptors (Lipinski definition) is 5. The molecule has 0 unspecified atom stereocenters. The van der Waals surface area contributed by atoms with E-state index in [1.807, 2.05) is 24.3 Å². The van der Waals surface area contributed by atoms with Crippen LogP contribution in [-0.2, 0) is 9.53 Å². The lowest BCUT2D eigenvalue weighted by atomic mass is 10.1. The summed E-state index contributed by atoms with van der Waals surface area (Å²) in [5.74, 6) is -0.163. The van der Waals surface area contributed by atoms with E-state index < -0.39 is 0 Å². The summed E-state index contributed by atoms with van der Waals surface area (Å²) in [6.45, 7) is 2.93. The van der Waals surface area contributed by atoms with E-state index in [2.05, 4.69) is 15.3 Å². The molecule has 0 aliphatic rings. The number of rotatable bonds is 7. The normalized spacial score (nSPS) is 10.2. The number of anilines is 1. The molecular weight excluding hydrogens is 282 g/mol. The highest BCUT2D eigenvalue weighted by atomic mass is 16.5. The Balaban J connectivity index is 1.83. The fourth-order valence-corrected chi connectivity index (χ4v) is 1.96. The molecule has 2 rings (SSSR count). The first kappa shape index (κ1) is 15.8. The first-order valence-electron chi connectivity index (χ1n) is 7.23. The maximum atomic E-state index is 11.2. The lowest BCUT2D eigenvalue weighted by Gasteiger charge is -2.07. The first-order chi connectivity index (χ1) is 10.7. The van der Waals surface area contributed by atoms with E-state index in [0.717, 1.165) is 17.7 Å². The maximum absolute atomic E-state index is 11.2. The lowest BCUT2D eigenvalue weighted by molar-refractivity contribution is -0.143. The summed E-state index contributed by atoms with van der Waals surface area (Å²) in [5, 5.41) is 3.24. The summed E-state index contributed by atoms with van der Waals surface area (Å²) in [5.41, 5.74) is 2.39. The van der Waals surface area contributed by atoms with Gasteiger partial charge in [0.1, 0.15) is 0 Å². The number of H-pyrrole nitrogens is 1. The quantitative estimate of drug-likeness (QED) is 0.605. The van der Waals surface area contributed by atoms with Crippen molar-refractivity contribution >= 4 is 11.7 Å². The highest BCUT2D eigenvalue weighted by molar-refractivity contribution is 5.69. The molecule has 1 heterocycles. The molecule has 0 spiro atoms. The van der Waals surface area contributed by atoms with Gasteiger partial charge in [0.15, 0.2) is 0 Å². The zero-order valence-electron chi connectivity index (χ0n) is 12.5. The minimum atomic E-state index is -0.219.